The fourth-order valence-electron chi connectivity index (χ4n) is 2.39. The average Bonchev–Trinajstić information content (AvgIpc) is 2.84. The summed E-state index contributed by atoms with van der Waals surface area (Å²) >= 11 is 0. The van der Waals surface area contributed by atoms with Gasteiger partial charge in [0, 0.05) is 16.9 Å². The predicted octanol–water partition coefficient (Wildman–Crippen LogP) is 3.08. The molecular weight excluding hydrogens is 263 g/mol. The lowest BCUT2D eigenvalue weighted by Gasteiger charge is -2.22. The maximum atomic E-state index is 13.4. The Kier molecular flexibility index (Phi) is 3.49. The minimum absolute atomic E-state index is 0.111. The maximum Gasteiger partial charge on any atom is 0.214 e. The molecule has 0 aliphatic carbocycles. The third kappa shape index (κ3) is 2.31. The van der Waals surface area contributed by atoms with E-state index in [1.807, 2.05) is 0 Å². The Morgan fingerprint density at radius 2 is 2.40 bits per heavy atom. The fourth-order valence-corrected chi connectivity index (χ4v) is 2.39. The van der Waals surface area contributed by atoms with Gasteiger partial charge in [-0.2, -0.15) is 14.5 Å². The van der Waals surface area contributed by atoms with Crippen molar-refractivity contribution in [2.75, 3.05) is 6.61 Å². The molecule has 0 amide bonds. The molecule has 1 atom stereocenters. The van der Waals surface area contributed by atoms with Gasteiger partial charge in [-0.25, -0.2) is 4.68 Å². The first-order chi connectivity index (χ1) is 9.79. The first-order valence-corrected chi connectivity index (χ1v) is 6.45. The van der Waals surface area contributed by atoms with Crippen LogP contribution >= 0.6 is 0 Å². The molecule has 20 heavy (non-hydrogen) atoms. The molecule has 0 aromatic carbocycles. The molecule has 0 radical (unpaired) electrons. The van der Waals surface area contributed by atoms with Crippen molar-refractivity contribution in [3.63, 3.8) is 0 Å². The van der Waals surface area contributed by atoms with E-state index in [9.17, 15) is 4.39 Å². The highest BCUT2D eigenvalue weighted by Crippen LogP contribution is 2.27. The normalized spacial score (nSPS) is 18.9. The maximum absolute atomic E-state index is 13.4. The molecule has 1 aliphatic heterocycles. The smallest absolute Gasteiger partial charge is 0.214 e. The van der Waals surface area contributed by atoms with Gasteiger partial charge in [0.1, 0.15) is 0 Å². The fraction of sp³-hybridized carbons (Fsp3) is 0.500. The van der Waals surface area contributed by atoms with Crippen LogP contribution in [-0.4, -0.2) is 21.4 Å². The SMILES string of the molecule is [N-]=[N+]=NCc1nn(C2CCCCO2)c2nc(F)ccc12. The number of ether oxygens (including phenoxy) is 1. The number of nitrogens with zero attached hydrogens (tertiary/aromatic N) is 6. The summed E-state index contributed by atoms with van der Waals surface area (Å²) in [7, 11) is 0. The van der Waals surface area contributed by atoms with Gasteiger partial charge in [0.05, 0.1) is 12.2 Å². The third-order valence-corrected chi connectivity index (χ3v) is 3.31. The van der Waals surface area contributed by atoms with Crippen LogP contribution in [0.2, 0.25) is 0 Å². The van der Waals surface area contributed by atoms with E-state index in [2.05, 4.69) is 20.1 Å². The van der Waals surface area contributed by atoms with Gasteiger partial charge in [0.2, 0.25) is 5.95 Å². The Labute approximate surface area is 114 Å². The van der Waals surface area contributed by atoms with Gasteiger partial charge in [-0.1, -0.05) is 5.11 Å². The number of halogens is 1. The van der Waals surface area contributed by atoms with Crippen LogP contribution in [0.15, 0.2) is 17.2 Å². The van der Waals surface area contributed by atoms with Crippen molar-refractivity contribution in [3.8, 4) is 0 Å². The molecule has 0 saturated carbocycles. The highest BCUT2D eigenvalue weighted by atomic mass is 19.1. The molecule has 0 bridgehead atoms. The van der Waals surface area contributed by atoms with Crippen molar-refractivity contribution in [3.05, 3.63) is 34.2 Å². The quantitative estimate of drug-likeness (QED) is 0.373. The minimum Gasteiger partial charge on any atom is -0.356 e. The van der Waals surface area contributed by atoms with E-state index in [-0.39, 0.29) is 12.8 Å². The van der Waals surface area contributed by atoms with E-state index in [1.165, 1.54) is 6.07 Å². The number of rotatable bonds is 3. The standard InChI is InChI=1S/C12H13FN6O/c13-10-5-4-8-9(7-15-18-14)17-19(12(8)16-10)11-3-1-2-6-20-11/h4-5,11H,1-3,6-7H2. The van der Waals surface area contributed by atoms with Gasteiger partial charge in [-0.15, -0.1) is 0 Å². The van der Waals surface area contributed by atoms with Crippen LogP contribution in [0.1, 0.15) is 31.2 Å². The zero-order chi connectivity index (χ0) is 13.9. The number of hydrogen-bond donors (Lipinski definition) is 0. The largest absolute Gasteiger partial charge is 0.356 e. The van der Waals surface area contributed by atoms with Crippen molar-refractivity contribution in [1.82, 2.24) is 14.8 Å². The van der Waals surface area contributed by atoms with Crippen LogP contribution in [0.4, 0.5) is 4.39 Å². The predicted molar refractivity (Wildman–Crippen MR) is 69.2 cm³/mol. The highest BCUT2D eigenvalue weighted by Gasteiger charge is 2.21. The molecule has 104 valence electrons. The monoisotopic (exact) mass is 276 g/mol. The summed E-state index contributed by atoms with van der Waals surface area (Å²) in [6, 6.07) is 2.88. The second kappa shape index (κ2) is 5.44. The Balaban J connectivity index is 2.09. The first-order valence-electron chi connectivity index (χ1n) is 6.45. The van der Waals surface area contributed by atoms with Gasteiger partial charge < -0.3 is 4.74 Å². The van der Waals surface area contributed by atoms with Crippen molar-refractivity contribution in [2.24, 2.45) is 5.11 Å². The lowest BCUT2D eigenvalue weighted by Crippen LogP contribution is -2.19. The van der Waals surface area contributed by atoms with E-state index in [4.69, 9.17) is 10.3 Å². The highest BCUT2D eigenvalue weighted by molar-refractivity contribution is 5.78. The van der Waals surface area contributed by atoms with Crippen molar-refractivity contribution in [2.45, 2.75) is 32.0 Å². The number of aromatic nitrogens is 3. The van der Waals surface area contributed by atoms with E-state index >= 15 is 0 Å². The van der Waals surface area contributed by atoms with Crippen LogP contribution in [-0.2, 0) is 11.3 Å². The molecule has 1 fully saturated rings. The van der Waals surface area contributed by atoms with Crippen molar-refractivity contribution >= 4 is 11.0 Å². The average molecular weight is 276 g/mol. The summed E-state index contributed by atoms with van der Waals surface area (Å²) in [6.07, 6.45) is 2.63. The molecule has 1 saturated heterocycles. The van der Waals surface area contributed by atoms with Crippen LogP contribution in [0, 0.1) is 5.95 Å². The Morgan fingerprint density at radius 3 is 3.15 bits per heavy atom. The molecule has 1 unspecified atom stereocenters. The van der Waals surface area contributed by atoms with E-state index in [0.29, 0.717) is 23.3 Å². The topological polar surface area (TPSA) is 88.7 Å². The summed E-state index contributed by atoms with van der Waals surface area (Å²) in [6.45, 7) is 0.771. The molecule has 3 rings (SSSR count). The van der Waals surface area contributed by atoms with Crippen LogP contribution in [0.3, 0.4) is 0 Å². The minimum atomic E-state index is -0.565. The molecule has 0 spiro atoms. The van der Waals surface area contributed by atoms with Crippen LogP contribution in [0.25, 0.3) is 21.5 Å². The molecule has 0 N–H and O–H groups in total. The van der Waals surface area contributed by atoms with Gasteiger partial charge in [-0.05, 0) is 36.9 Å². The summed E-state index contributed by atoms with van der Waals surface area (Å²) in [5.41, 5.74) is 9.44. The number of fused-ring (bicyclic) bond motifs is 1. The molecule has 2 aromatic rings. The lowest BCUT2D eigenvalue weighted by molar-refractivity contribution is -0.0372. The van der Waals surface area contributed by atoms with Gasteiger partial charge in [0.25, 0.3) is 0 Å². The Morgan fingerprint density at radius 1 is 1.50 bits per heavy atom. The van der Waals surface area contributed by atoms with Crippen LogP contribution < -0.4 is 0 Å². The first kappa shape index (κ1) is 12.8. The van der Waals surface area contributed by atoms with E-state index < -0.39 is 5.95 Å². The third-order valence-electron chi connectivity index (χ3n) is 3.31. The van der Waals surface area contributed by atoms with Gasteiger partial charge >= 0.3 is 0 Å². The second-order valence-corrected chi connectivity index (χ2v) is 4.61. The Hall–Kier alpha value is -2.18. The van der Waals surface area contributed by atoms with Crippen molar-refractivity contribution < 1.29 is 9.13 Å². The number of hydrogen-bond acceptors (Lipinski definition) is 4. The molecule has 8 heteroatoms. The lowest BCUT2D eigenvalue weighted by atomic mass is 10.2. The molecule has 1 aliphatic rings. The van der Waals surface area contributed by atoms with Crippen LogP contribution in [0.5, 0.6) is 0 Å². The number of azide groups is 1. The summed E-state index contributed by atoms with van der Waals surface area (Å²) in [5.74, 6) is -0.565. The number of pyridine rings is 1. The molecule has 2 aromatic heterocycles. The zero-order valence-electron chi connectivity index (χ0n) is 10.7. The second-order valence-electron chi connectivity index (χ2n) is 4.61. The molecule has 7 nitrogen and oxygen atoms in total. The summed E-state index contributed by atoms with van der Waals surface area (Å²) < 4.78 is 20.6. The zero-order valence-corrected chi connectivity index (χ0v) is 10.7. The van der Waals surface area contributed by atoms with Crippen molar-refractivity contribution in [1.29, 1.82) is 0 Å². The van der Waals surface area contributed by atoms with E-state index in [0.717, 1.165) is 19.3 Å². The Bertz CT molecular complexity index is 672. The summed E-state index contributed by atoms with van der Waals surface area (Å²) in [4.78, 5) is 6.63. The summed E-state index contributed by atoms with van der Waals surface area (Å²) in [5, 5.41) is 8.59. The van der Waals surface area contributed by atoms with E-state index in [1.54, 1.807) is 10.7 Å². The molecule has 3 heterocycles. The van der Waals surface area contributed by atoms with Gasteiger partial charge in [0.15, 0.2) is 11.9 Å². The van der Waals surface area contributed by atoms with Gasteiger partial charge in [-0.3, -0.25) is 0 Å². The molecular formula is C12H13FN6O.